The van der Waals surface area contributed by atoms with Crippen LogP contribution in [0.25, 0.3) is 0 Å². The maximum Gasteiger partial charge on any atom is 0.239 e. The molecule has 1 rings (SSSR count). The van der Waals surface area contributed by atoms with E-state index in [-0.39, 0.29) is 18.5 Å². The summed E-state index contributed by atoms with van der Waals surface area (Å²) in [5, 5.41) is 6.00. The average Bonchev–Trinajstić information content (AvgIpc) is 2.38. The van der Waals surface area contributed by atoms with E-state index >= 15 is 0 Å². The number of amides is 1. The van der Waals surface area contributed by atoms with E-state index in [0.717, 1.165) is 17.9 Å². The molecule has 0 radical (unpaired) electrons. The lowest BCUT2D eigenvalue weighted by molar-refractivity contribution is -0.120. The number of carbonyl (C=O) groups is 1. The molecule has 1 unspecified atom stereocenters. The Bertz CT molecular complexity index is 380. The van der Waals surface area contributed by atoms with Gasteiger partial charge in [0.15, 0.2) is 0 Å². The summed E-state index contributed by atoms with van der Waals surface area (Å²) < 4.78 is 5.48. The van der Waals surface area contributed by atoms with E-state index in [1.54, 1.807) is 0 Å². The Morgan fingerprint density at radius 3 is 2.72 bits per heavy atom. The predicted molar refractivity (Wildman–Crippen MR) is 74.0 cm³/mol. The number of rotatable bonds is 7. The highest BCUT2D eigenvalue weighted by Crippen LogP contribution is 2.23. The van der Waals surface area contributed by atoms with Crippen molar-refractivity contribution in [3.05, 3.63) is 24.3 Å². The lowest BCUT2D eigenvalue weighted by atomic mass is 10.2. The maximum atomic E-state index is 11.6. The van der Waals surface area contributed by atoms with Crippen molar-refractivity contribution in [2.45, 2.75) is 33.2 Å². The van der Waals surface area contributed by atoms with Crippen LogP contribution in [0, 0.1) is 0 Å². The van der Waals surface area contributed by atoms with Crippen molar-refractivity contribution in [3.63, 3.8) is 0 Å². The zero-order chi connectivity index (χ0) is 13.4. The second kappa shape index (κ2) is 7.58. The minimum Gasteiger partial charge on any atom is -0.492 e. The number of nitrogens with one attached hydrogen (secondary N) is 2. The van der Waals surface area contributed by atoms with Crippen LogP contribution in [0.15, 0.2) is 24.3 Å². The molecule has 0 heterocycles. The molecule has 100 valence electrons. The molecular weight excluding hydrogens is 228 g/mol. The summed E-state index contributed by atoms with van der Waals surface area (Å²) in [5.41, 5.74) is 0.846. The van der Waals surface area contributed by atoms with Crippen molar-refractivity contribution in [2.75, 3.05) is 18.5 Å². The quantitative estimate of drug-likeness (QED) is 0.781. The van der Waals surface area contributed by atoms with Gasteiger partial charge in [-0.05, 0) is 32.4 Å². The van der Waals surface area contributed by atoms with E-state index in [0.29, 0.717) is 6.61 Å². The second-order valence-electron chi connectivity index (χ2n) is 4.16. The van der Waals surface area contributed by atoms with Crippen LogP contribution < -0.4 is 15.4 Å². The Morgan fingerprint density at radius 2 is 2.06 bits per heavy atom. The van der Waals surface area contributed by atoms with Gasteiger partial charge in [-0.15, -0.1) is 0 Å². The van der Waals surface area contributed by atoms with E-state index in [1.807, 2.05) is 45.0 Å². The van der Waals surface area contributed by atoms with Crippen LogP contribution in [-0.2, 0) is 4.79 Å². The third-order valence-corrected chi connectivity index (χ3v) is 2.65. The van der Waals surface area contributed by atoms with Gasteiger partial charge in [0.05, 0.1) is 18.8 Å². The van der Waals surface area contributed by atoms with Crippen LogP contribution in [0.5, 0.6) is 5.75 Å². The smallest absolute Gasteiger partial charge is 0.239 e. The Balaban J connectivity index is 2.50. The van der Waals surface area contributed by atoms with Crippen LogP contribution in [-0.4, -0.2) is 25.1 Å². The third kappa shape index (κ3) is 4.65. The minimum atomic E-state index is -0.00403. The predicted octanol–water partition coefficient (Wildman–Crippen LogP) is 2.41. The van der Waals surface area contributed by atoms with Crippen LogP contribution in [0.3, 0.4) is 0 Å². The molecule has 2 N–H and O–H groups in total. The highest BCUT2D eigenvalue weighted by Gasteiger charge is 2.07. The number of ether oxygens (including phenoxy) is 1. The first-order chi connectivity index (χ1) is 8.67. The largest absolute Gasteiger partial charge is 0.492 e. The summed E-state index contributed by atoms with van der Waals surface area (Å²) in [6.07, 6.45) is 0.932. The molecule has 1 aromatic carbocycles. The molecule has 0 fully saturated rings. The number of benzene rings is 1. The van der Waals surface area contributed by atoms with Gasteiger partial charge in [-0.2, -0.15) is 0 Å². The van der Waals surface area contributed by atoms with Crippen molar-refractivity contribution in [3.8, 4) is 5.75 Å². The molecule has 1 atom stereocenters. The van der Waals surface area contributed by atoms with Gasteiger partial charge in [-0.1, -0.05) is 19.1 Å². The molecule has 0 aliphatic carbocycles. The number of hydrogen-bond donors (Lipinski definition) is 2. The monoisotopic (exact) mass is 250 g/mol. The molecule has 0 aliphatic heterocycles. The third-order valence-electron chi connectivity index (χ3n) is 2.65. The summed E-state index contributed by atoms with van der Waals surface area (Å²) in [4.78, 5) is 11.6. The minimum absolute atomic E-state index is 0.00403. The van der Waals surface area contributed by atoms with Gasteiger partial charge >= 0.3 is 0 Å². The lowest BCUT2D eigenvalue weighted by Gasteiger charge is -2.14. The first-order valence-corrected chi connectivity index (χ1v) is 6.42. The first kappa shape index (κ1) is 14.4. The molecule has 0 aliphatic rings. The van der Waals surface area contributed by atoms with E-state index in [9.17, 15) is 4.79 Å². The Labute approximate surface area is 109 Å². The summed E-state index contributed by atoms with van der Waals surface area (Å²) in [5.74, 6) is 0.770. The van der Waals surface area contributed by atoms with Gasteiger partial charge in [-0.25, -0.2) is 0 Å². The molecule has 0 saturated heterocycles. The Morgan fingerprint density at radius 1 is 1.33 bits per heavy atom. The molecule has 0 bridgehead atoms. The normalized spacial score (nSPS) is 11.7. The van der Waals surface area contributed by atoms with Crippen molar-refractivity contribution >= 4 is 11.6 Å². The van der Waals surface area contributed by atoms with Gasteiger partial charge in [-0.3, -0.25) is 4.79 Å². The molecule has 1 amide bonds. The Hall–Kier alpha value is -1.71. The molecule has 4 heteroatoms. The summed E-state index contributed by atoms with van der Waals surface area (Å²) in [7, 11) is 0. The van der Waals surface area contributed by atoms with Gasteiger partial charge in [0.25, 0.3) is 0 Å². The molecule has 4 nitrogen and oxygen atoms in total. The summed E-state index contributed by atoms with van der Waals surface area (Å²) in [6, 6.07) is 7.83. The zero-order valence-corrected chi connectivity index (χ0v) is 11.3. The number of para-hydroxylation sites is 2. The molecule has 0 spiro atoms. The van der Waals surface area contributed by atoms with Crippen LogP contribution in [0.1, 0.15) is 27.2 Å². The van der Waals surface area contributed by atoms with Gasteiger partial charge in [0.1, 0.15) is 5.75 Å². The molecule has 18 heavy (non-hydrogen) atoms. The summed E-state index contributed by atoms with van der Waals surface area (Å²) in [6.45, 7) is 6.84. The molecule has 0 saturated carbocycles. The molecule has 1 aromatic rings. The molecular formula is C14H22N2O2. The van der Waals surface area contributed by atoms with Crippen molar-refractivity contribution in [1.29, 1.82) is 0 Å². The lowest BCUT2D eigenvalue weighted by Crippen LogP contribution is -2.36. The average molecular weight is 250 g/mol. The van der Waals surface area contributed by atoms with E-state index in [2.05, 4.69) is 10.6 Å². The highest BCUT2D eigenvalue weighted by atomic mass is 16.5. The van der Waals surface area contributed by atoms with Crippen LogP contribution in [0.4, 0.5) is 5.69 Å². The number of anilines is 1. The number of hydrogen-bond acceptors (Lipinski definition) is 3. The van der Waals surface area contributed by atoms with Crippen LogP contribution in [0.2, 0.25) is 0 Å². The highest BCUT2D eigenvalue weighted by molar-refractivity contribution is 5.81. The van der Waals surface area contributed by atoms with Crippen molar-refractivity contribution < 1.29 is 9.53 Å². The second-order valence-corrected chi connectivity index (χ2v) is 4.16. The molecule has 0 aromatic heterocycles. The van der Waals surface area contributed by atoms with Crippen molar-refractivity contribution in [1.82, 2.24) is 5.32 Å². The van der Waals surface area contributed by atoms with Crippen LogP contribution >= 0.6 is 0 Å². The Kier molecular flexibility index (Phi) is 6.05. The summed E-state index contributed by atoms with van der Waals surface area (Å²) >= 11 is 0. The fraction of sp³-hybridized carbons (Fsp3) is 0.500. The van der Waals surface area contributed by atoms with Crippen molar-refractivity contribution in [2.24, 2.45) is 0 Å². The fourth-order valence-electron chi connectivity index (χ4n) is 1.50. The van der Waals surface area contributed by atoms with Gasteiger partial charge < -0.3 is 15.4 Å². The van der Waals surface area contributed by atoms with E-state index < -0.39 is 0 Å². The SMILES string of the molecule is CCOc1ccccc1NCC(=O)NC(C)CC. The first-order valence-electron chi connectivity index (χ1n) is 6.42. The van der Waals surface area contributed by atoms with E-state index in [4.69, 9.17) is 4.74 Å². The van der Waals surface area contributed by atoms with Gasteiger partial charge in [0.2, 0.25) is 5.91 Å². The maximum absolute atomic E-state index is 11.6. The fourth-order valence-corrected chi connectivity index (χ4v) is 1.50. The number of carbonyl (C=O) groups excluding carboxylic acids is 1. The van der Waals surface area contributed by atoms with Gasteiger partial charge in [0, 0.05) is 6.04 Å². The standard InChI is InChI=1S/C14H22N2O2/c1-4-11(3)16-14(17)10-15-12-8-6-7-9-13(12)18-5-2/h6-9,11,15H,4-5,10H2,1-3H3,(H,16,17). The zero-order valence-electron chi connectivity index (χ0n) is 11.3. The van der Waals surface area contributed by atoms with E-state index in [1.165, 1.54) is 0 Å². The topological polar surface area (TPSA) is 50.4 Å².